The molecule has 1 unspecified atom stereocenters. The van der Waals surface area contributed by atoms with Crippen molar-refractivity contribution in [2.24, 2.45) is 11.6 Å². The molecule has 2 heterocycles. The average Bonchev–Trinajstić information content (AvgIpc) is 2.70. The van der Waals surface area contributed by atoms with Crippen molar-refractivity contribution in [2.75, 3.05) is 13.1 Å². The van der Waals surface area contributed by atoms with Crippen LogP contribution in [0.15, 0.2) is 6.07 Å². The second-order valence-corrected chi connectivity index (χ2v) is 6.06. The van der Waals surface area contributed by atoms with E-state index in [1.165, 1.54) is 21.8 Å². The fourth-order valence-corrected chi connectivity index (χ4v) is 3.27. The standard InChI is InChI=1S/C12H20N4OS/c1-8-9(5-11(18-8)12(17)15-14)6-16-4-2-3-10(13)7-16/h5,10H,2-4,6-7,13-14H2,1H3,(H,15,17). The summed E-state index contributed by atoms with van der Waals surface area (Å²) in [6.07, 6.45) is 2.26. The number of nitrogens with zero attached hydrogens (tertiary/aromatic N) is 1. The van der Waals surface area contributed by atoms with E-state index in [2.05, 4.69) is 10.3 Å². The lowest BCUT2D eigenvalue weighted by molar-refractivity contribution is 0.0957. The molecule has 1 amide bonds. The number of carbonyl (C=O) groups is 1. The highest BCUT2D eigenvalue weighted by molar-refractivity contribution is 7.14. The fraction of sp³-hybridized carbons (Fsp3) is 0.583. The number of hydrogen-bond donors (Lipinski definition) is 3. The van der Waals surface area contributed by atoms with E-state index in [9.17, 15) is 4.79 Å². The summed E-state index contributed by atoms with van der Waals surface area (Å²) in [5, 5.41) is 0. The van der Waals surface area contributed by atoms with Crippen molar-refractivity contribution in [2.45, 2.75) is 32.4 Å². The highest BCUT2D eigenvalue weighted by Crippen LogP contribution is 2.24. The first-order valence-corrected chi connectivity index (χ1v) is 7.00. The molecule has 1 saturated heterocycles. The zero-order valence-corrected chi connectivity index (χ0v) is 11.4. The van der Waals surface area contributed by atoms with Crippen molar-refractivity contribution < 1.29 is 4.79 Å². The highest BCUT2D eigenvalue weighted by Gasteiger charge is 2.19. The number of nitrogens with two attached hydrogens (primary N) is 2. The molecular weight excluding hydrogens is 248 g/mol. The first-order chi connectivity index (χ1) is 8.60. The van der Waals surface area contributed by atoms with Gasteiger partial charge in [0.1, 0.15) is 0 Å². The van der Waals surface area contributed by atoms with Gasteiger partial charge < -0.3 is 5.73 Å². The van der Waals surface area contributed by atoms with E-state index in [4.69, 9.17) is 11.6 Å². The first kappa shape index (κ1) is 13.5. The number of amides is 1. The number of hydrogen-bond acceptors (Lipinski definition) is 5. The monoisotopic (exact) mass is 268 g/mol. The van der Waals surface area contributed by atoms with Crippen molar-refractivity contribution in [1.29, 1.82) is 0 Å². The van der Waals surface area contributed by atoms with Crippen LogP contribution in [0.3, 0.4) is 0 Å². The van der Waals surface area contributed by atoms with Gasteiger partial charge in [0.05, 0.1) is 4.88 Å². The van der Waals surface area contributed by atoms with Crippen LogP contribution >= 0.6 is 11.3 Å². The molecule has 1 aromatic heterocycles. The van der Waals surface area contributed by atoms with Crippen molar-refractivity contribution in [3.63, 3.8) is 0 Å². The van der Waals surface area contributed by atoms with E-state index in [0.717, 1.165) is 32.5 Å². The lowest BCUT2D eigenvalue weighted by Crippen LogP contribution is -2.42. The molecule has 100 valence electrons. The van der Waals surface area contributed by atoms with Gasteiger partial charge in [0, 0.05) is 24.0 Å². The van der Waals surface area contributed by atoms with Gasteiger partial charge in [0.25, 0.3) is 5.91 Å². The Labute approximate surface area is 111 Å². The molecule has 0 aliphatic carbocycles. The number of nitrogens with one attached hydrogen (secondary N) is 1. The van der Waals surface area contributed by atoms with Crippen LogP contribution in [-0.4, -0.2) is 29.9 Å². The quantitative estimate of drug-likeness (QED) is 0.425. The van der Waals surface area contributed by atoms with Crippen LogP contribution in [0.4, 0.5) is 0 Å². The predicted octanol–water partition coefficient (Wildman–Crippen LogP) is 0.583. The van der Waals surface area contributed by atoms with Gasteiger partial charge in [-0.25, -0.2) is 5.84 Å². The number of likely N-dealkylation sites (tertiary alicyclic amines) is 1. The Balaban J connectivity index is 2.04. The largest absolute Gasteiger partial charge is 0.327 e. The molecule has 5 nitrogen and oxygen atoms in total. The normalized spacial score (nSPS) is 20.9. The summed E-state index contributed by atoms with van der Waals surface area (Å²) in [5.74, 6) is 4.93. The molecule has 5 N–H and O–H groups in total. The third kappa shape index (κ3) is 3.08. The SMILES string of the molecule is Cc1sc(C(=O)NN)cc1CN1CCCC(N)C1. The highest BCUT2D eigenvalue weighted by atomic mass is 32.1. The Bertz CT molecular complexity index is 432. The number of thiophene rings is 1. The molecule has 1 aliphatic rings. The second-order valence-electron chi connectivity index (χ2n) is 4.80. The Hall–Kier alpha value is -0.950. The van der Waals surface area contributed by atoms with Crippen molar-refractivity contribution >= 4 is 17.2 Å². The van der Waals surface area contributed by atoms with E-state index in [1.807, 2.05) is 13.0 Å². The molecule has 1 aromatic rings. The van der Waals surface area contributed by atoms with Crippen LogP contribution in [0.2, 0.25) is 0 Å². The summed E-state index contributed by atoms with van der Waals surface area (Å²) in [6, 6.07) is 2.21. The molecule has 1 fully saturated rings. The molecule has 0 spiro atoms. The number of aryl methyl sites for hydroxylation is 1. The van der Waals surface area contributed by atoms with E-state index >= 15 is 0 Å². The minimum atomic E-state index is -0.218. The molecular formula is C12H20N4OS. The van der Waals surface area contributed by atoms with Crippen molar-refractivity contribution in [3.05, 3.63) is 21.4 Å². The lowest BCUT2D eigenvalue weighted by atomic mass is 10.1. The van der Waals surface area contributed by atoms with Crippen LogP contribution in [0.25, 0.3) is 0 Å². The van der Waals surface area contributed by atoms with Gasteiger partial charge in [0.15, 0.2) is 0 Å². The van der Waals surface area contributed by atoms with Crippen LogP contribution in [0.5, 0.6) is 0 Å². The summed E-state index contributed by atoms with van der Waals surface area (Å²) in [6.45, 7) is 4.93. The van der Waals surface area contributed by atoms with E-state index < -0.39 is 0 Å². The molecule has 1 aliphatic heterocycles. The Kier molecular flexibility index (Phi) is 4.34. The number of hydrazine groups is 1. The van der Waals surface area contributed by atoms with Crippen molar-refractivity contribution in [3.8, 4) is 0 Å². The fourth-order valence-electron chi connectivity index (χ4n) is 2.34. The number of rotatable bonds is 3. The molecule has 18 heavy (non-hydrogen) atoms. The third-order valence-electron chi connectivity index (χ3n) is 3.31. The maximum atomic E-state index is 11.5. The van der Waals surface area contributed by atoms with Crippen LogP contribution in [-0.2, 0) is 6.54 Å². The van der Waals surface area contributed by atoms with E-state index in [1.54, 1.807) is 0 Å². The molecule has 2 rings (SSSR count). The average molecular weight is 268 g/mol. The second kappa shape index (κ2) is 5.79. The van der Waals surface area contributed by atoms with Crippen molar-refractivity contribution in [1.82, 2.24) is 10.3 Å². The summed E-state index contributed by atoms with van der Waals surface area (Å²) in [5.41, 5.74) is 9.34. The molecule has 0 aromatic carbocycles. The molecule has 0 radical (unpaired) electrons. The van der Waals surface area contributed by atoms with Crippen LogP contribution < -0.4 is 17.0 Å². The van der Waals surface area contributed by atoms with Gasteiger partial charge in [-0.2, -0.15) is 0 Å². The Morgan fingerprint density at radius 2 is 2.44 bits per heavy atom. The van der Waals surface area contributed by atoms with Gasteiger partial charge in [-0.05, 0) is 37.9 Å². The predicted molar refractivity (Wildman–Crippen MR) is 73.2 cm³/mol. The number of piperidine rings is 1. The minimum Gasteiger partial charge on any atom is -0.327 e. The smallest absolute Gasteiger partial charge is 0.275 e. The van der Waals surface area contributed by atoms with Gasteiger partial charge in [0.2, 0.25) is 0 Å². The minimum absolute atomic E-state index is 0.218. The van der Waals surface area contributed by atoms with Crippen LogP contribution in [0, 0.1) is 6.92 Å². The third-order valence-corrected chi connectivity index (χ3v) is 4.40. The van der Waals surface area contributed by atoms with Gasteiger partial charge >= 0.3 is 0 Å². The number of nitrogen functional groups attached to an aromatic ring is 1. The summed E-state index contributed by atoms with van der Waals surface area (Å²) in [4.78, 5) is 15.7. The topological polar surface area (TPSA) is 84.4 Å². The lowest BCUT2D eigenvalue weighted by Gasteiger charge is -2.30. The Morgan fingerprint density at radius 3 is 3.11 bits per heavy atom. The van der Waals surface area contributed by atoms with Gasteiger partial charge in [-0.1, -0.05) is 0 Å². The maximum absolute atomic E-state index is 11.5. The summed E-state index contributed by atoms with van der Waals surface area (Å²) in [7, 11) is 0. The van der Waals surface area contributed by atoms with Gasteiger partial charge in [-0.15, -0.1) is 11.3 Å². The summed E-state index contributed by atoms with van der Waals surface area (Å²) < 4.78 is 0. The number of carbonyl (C=O) groups excluding carboxylic acids is 1. The zero-order chi connectivity index (χ0) is 13.1. The summed E-state index contributed by atoms with van der Waals surface area (Å²) >= 11 is 1.49. The molecule has 1 atom stereocenters. The molecule has 0 saturated carbocycles. The molecule has 0 bridgehead atoms. The Morgan fingerprint density at radius 1 is 1.67 bits per heavy atom. The van der Waals surface area contributed by atoms with E-state index in [0.29, 0.717) is 4.88 Å². The van der Waals surface area contributed by atoms with E-state index in [-0.39, 0.29) is 11.9 Å². The van der Waals surface area contributed by atoms with Crippen LogP contribution in [0.1, 0.15) is 33.0 Å². The molecule has 6 heteroatoms. The first-order valence-electron chi connectivity index (χ1n) is 6.18. The maximum Gasteiger partial charge on any atom is 0.275 e. The van der Waals surface area contributed by atoms with Gasteiger partial charge in [-0.3, -0.25) is 15.1 Å². The zero-order valence-electron chi connectivity index (χ0n) is 10.6.